The topological polar surface area (TPSA) is 93.7 Å². The van der Waals surface area contributed by atoms with Crippen molar-refractivity contribution in [2.75, 3.05) is 25.6 Å². The van der Waals surface area contributed by atoms with E-state index in [0.717, 1.165) is 5.56 Å². The smallest absolute Gasteiger partial charge is 0.259 e. The van der Waals surface area contributed by atoms with Crippen LogP contribution in [-0.2, 0) is 19.7 Å². The van der Waals surface area contributed by atoms with Crippen LogP contribution in [0, 0.1) is 0 Å². The Hall–Kier alpha value is -3.19. The molecule has 0 bridgehead atoms. The minimum atomic E-state index is -0.724. The maximum atomic E-state index is 12.7. The van der Waals surface area contributed by atoms with E-state index in [1.54, 1.807) is 43.5 Å². The molecule has 7 heteroatoms. The van der Waals surface area contributed by atoms with Crippen molar-refractivity contribution in [3.05, 3.63) is 59.7 Å². The highest BCUT2D eigenvalue weighted by molar-refractivity contribution is 6.06. The number of nitrogens with one attached hydrogen (secondary N) is 2. The standard InChI is InChI=1S/C23H26N2O5/c1-3-23(13-12-20(26)25-22(23)28)16-8-10-17(11-9-16)24-21(27)18-6-4-5-7-19(18)30-15-14-29-2/h4-11H,3,12-15H2,1-2H3,(H,24,27)(H,25,26,28)/t23-/m1/s1. The van der Waals surface area contributed by atoms with E-state index < -0.39 is 5.41 Å². The molecule has 1 aliphatic rings. The summed E-state index contributed by atoms with van der Waals surface area (Å²) in [6, 6.07) is 14.2. The largest absolute Gasteiger partial charge is 0.490 e. The molecule has 1 saturated heterocycles. The van der Waals surface area contributed by atoms with Crippen LogP contribution in [0.15, 0.2) is 48.5 Å². The predicted molar refractivity (Wildman–Crippen MR) is 113 cm³/mol. The van der Waals surface area contributed by atoms with Crippen LogP contribution in [0.2, 0.25) is 0 Å². The molecule has 158 valence electrons. The Balaban J connectivity index is 1.74. The Labute approximate surface area is 175 Å². The van der Waals surface area contributed by atoms with Gasteiger partial charge >= 0.3 is 0 Å². The lowest BCUT2D eigenvalue weighted by Gasteiger charge is -2.35. The number of piperidine rings is 1. The van der Waals surface area contributed by atoms with Crippen molar-refractivity contribution < 1.29 is 23.9 Å². The molecule has 0 radical (unpaired) electrons. The lowest BCUT2D eigenvalue weighted by Crippen LogP contribution is -2.51. The van der Waals surface area contributed by atoms with Crippen molar-refractivity contribution in [2.24, 2.45) is 0 Å². The second kappa shape index (κ2) is 9.54. The molecule has 3 rings (SSSR count). The summed E-state index contributed by atoms with van der Waals surface area (Å²) >= 11 is 0. The summed E-state index contributed by atoms with van der Waals surface area (Å²) in [7, 11) is 1.59. The third-order valence-corrected chi connectivity index (χ3v) is 5.44. The fourth-order valence-electron chi connectivity index (χ4n) is 3.65. The van der Waals surface area contributed by atoms with Crippen molar-refractivity contribution >= 4 is 23.4 Å². The molecule has 7 nitrogen and oxygen atoms in total. The van der Waals surface area contributed by atoms with Crippen LogP contribution in [0.5, 0.6) is 5.75 Å². The minimum Gasteiger partial charge on any atom is -0.490 e. The van der Waals surface area contributed by atoms with E-state index >= 15 is 0 Å². The van der Waals surface area contributed by atoms with Crippen molar-refractivity contribution in [1.29, 1.82) is 0 Å². The molecular formula is C23H26N2O5. The van der Waals surface area contributed by atoms with Gasteiger partial charge in [-0.1, -0.05) is 31.2 Å². The van der Waals surface area contributed by atoms with Crippen LogP contribution in [0.1, 0.15) is 42.1 Å². The number of amides is 3. The molecule has 3 amide bonds. The number of carbonyl (C=O) groups is 3. The van der Waals surface area contributed by atoms with E-state index in [-0.39, 0.29) is 17.7 Å². The molecule has 0 aromatic heterocycles. The van der Waals surface area contributed by atoms with Gasteiger partial charge in [0.1, 0.15) is 12.4 Å². The van der Waals surface area contributed by atoms with Gasteiger partial charge in [0.05, 0.1) is 17.6 Å². The molecule has 2 N–H and O–H groups in total. The number of para-hydroxylation sites is 1. The summed E-state index contributed by atoms with van der Waals surface area (Å²) < 4.78 is 10.6. The van der Waals surface area contributed by atoms with Gasteiger partial charge in [-0.15, -0.1) is 0 Å². The Morgan fingerprint density at radius 1 is 1.10 bits per heavy atom. The first-order valence-corrected chi connectivity index (χ1v) is 9.97. The van der Waals surface area contributed by atoms with Gasteiger partial charge in [-0.25, -0.2) is 0 Å². The lowest BCUT2D eigenvalue weighted by molar-refractivity contribution is -0.138. The third-order valence-electron chi connectivity index (χ3n) is 5.44. The summed E-state index contributed by atoms with van der Waals surface area (Å²) in [4.78, 5) is 36.8. The molecule has 0 saturated carbocycles. The fourth-order valence-corrected chi connectivity index (χ4v) is 3.65. The number of ether oxygens (including phenoxy) is 2. The average molecular weight is 410 g/mol. The summed E-state index contributed by atoms with van der Waals surface area (Å²) in [5.41, 5.74) is 1.14. The number of carbonyl (C=O) groups excluding carboxylic acids is 3. The van der Waals surface area contributed by atoms with Gasteiger partial charge in [0, 0.05) is 19.2 Å². The van der Waals surface area contributed by atoms with Gasteiger partial charge in [-0.3, -0.25) is 19.7 Å². The minimum absolute atomic E-state index is 0.237. The maximum Gasteiger partial charge on any atom is 0.259 e. The van der Waals surface area contributed by atoms with Gasteiger partial charge in [-0.05, 0) is 42.7 Å². The molecule has 0 unspecified atom stereocenters. The monoisotopic (exact) mass is 410 g/mol. The predicted octanol–water partition coefficient (Wildman–Crippen LogP) is 3.05. The first kappa shape index (κ1) is 21.5. The number of anilines is 1. The van der Waals surface area contributed by atoms with E-state index in [9.17, 15) is 14.4 Å². The Bertz CT molecular complexity index is 925. The second-order valence-electron chi connectivity index (χ2n) is 7.18. The van der Waals surface area contributed by atoms with Gasteiger partial charge in [-0.2, -0.15) is 0 Å². The number of rotatable bonds is 8. The number of hydrogen-bond donors (Lipinski definition) is 2. The summed E-state index contributed by atoms with van der Waals surface area (Å²) in [6.07, 6.45) is 1.38. The molecule has 2 aromatic carbocycles. The fraction of sp³-hybridized carbons (Fsp3) is 0.348. The Kier molecular flexibility index (Phi) is 6.84. The highest BCUT2D eigenvalue weighted by Gasteiger charge is 2.42. The highest BCUT2D eigenvalue weighted by atomic mass is 16.5. The molecule has 0 spiro atoms. The first-order chi connectivity index (χ1) is 14.5. The van der Waals surface area contributed by atoms with E-state index in [0.29, 0.717) is 49.5 Å². The first-order valence-electron chi connectivity index (χ1n) is 9.97. The van der Waals surface area contributed by atoms with Crippen molar-refractivity contribution in [3.63, 3.8) is 0 Å². The van der Waals surface area contributed by atoms with E-state index in [4.69, 9.17) is 9.47 Å². The van der Waals surface area contributed by atoms with Crippen LogP contribution in [0.4, 0.5) is 5.69 Å². The molecule has 0 aliphatic carbocycles. The molecule has 1 aliphatic heterocycles. The normalized spacial score (nSPS) is 18.6. The zero-order valence-electron chi connectivity index (χ0n) is 17.2. The van der Waals surface area contributed by atoms with Gasteiger partial charge < -0.3 is 14.8 Å². The molecule has 1 fully saturated rings. The Morgan fingerprint density at radius 3 is 2.50 bits per heavy atom. The van der Waals surface area contributed by atoms with E-state index in [2.05, 4.69) is 10.6 Å². The van der Waals surface area contributed by atoms with Gasteiger partial charge in [0.15, 0.2) is 0 Å². The van der Waals surface area contributed by atoms with E-state index in [1.807, 2.05) is 19.1 Å². The van der Waals surface area contributed by atoms with Crippen LogP contribution >= 0.6 is 0 Å². The number of imide groups is 1. The van der Waals surface area contributed by atoms with Crippen molar-refractivity contribution in [2.45, 2.75) is 31.6 Å². The molecule has 2 aromatic rings. The van der Waals surface area contributed by atoms with Crippen molar-refractivity contribution in [3.8, 4) is 5.75 Å². The van der Waals surface area contributed by atoms with Gasteiger partial charge in [0.25, 0.3) is 5.91 Å². The lowest BCUT2D eigenvalue weighted by atomic mass is 9.72. The quantitative estimate of drug-likeness (QED) is 0.515. The summed E-state index contributed by atoms with van der Waals surface area (Å²) in [6.45, 7) is 2.71. The second-order valence-corrected chi connectivity index (χ2v) is 7.18. The molecule has 1 atom stereocenters. The zero-order chi connectivity index (χ0) is 21.6. The van der Waals surface area contributed by atoms with Crippen LogP contribution in [0.3, 0.4) is 0 Å². The Morgan fingerprint density at radius 2 is 1.83 bits per heavy atom. The third kappa shape index (κ3) is 4.52. The molecule has 30 heavy (non-hydrogen) atoms. The molecular weight excluding hydrogens is 384 g/mol. The summed E-state index contributed by atoms with van der Waals surface area (Å²) in [5.74, 6) is -0.307. The number of benzene rings is 2. The SMILES string of the molecule is CC[C@]1(c2ccc(NC(=O)c3ccccc3OCCOC)cc2)CCC(=O)NC1=O. The van der Waals surface area contributed by atoms with Crippen molar-refractivity contribution in [1.82, 2.24) is 5.32 Å². The average Bonchev–Trinajstić information content (AvgIpc) is 2.75. The number of hydrogen-bond acceptors (Lipinski definition) is 5. The maximum absolute atomic E-state index is 12.7. The zero-order valence-corrected chi connectivity index (χ0v) is 17.2. The van der Waals surface area contributed by atoms with Crippen LogP contribution < -0.4 is 15.4 Å². The van der Waals surface area contributed by atoms with Crippen LogP contribution in [-0.4, -0.2) is 38.0 Å². The highest BCUT2D eigenvalue weighted by Crippen LogP contribution is 2.36. The van der Waals surface area contributed by atoms with Gasteiger partial charge in [0.2, 0.25) is 11.8 Å². The number of methoxy groups -OCH3 is 1. The van der Waals surface area contributed by atoms with Crippen LogP contribution in [0.25, 0.3) is 0 Å². The summed E-state index contributed by atoms with van der Waals surface area (Å²) in [5, 5.41) is 5.31. The van der Waals surface area contributed by atoms with E-state index in [1.165, 1.54) is 0 Å². The molecule has 1 heterocycles.